The predicted octanol–water partition coefficient (Wildman–Crippen LogP) is 2.34. The van der Waals surface area contributed by atoms with Gasteiger partial charge in [-0.05, 0) is 23.8 Å². The van der Waals surface area contributed by atoms with Gasteiger partial charge in [0.1, 0.15) is 0 Å². The summed E-state index contributed by atoms with van der Waals surface area (Å²) in [4.78, 5) is 28.5. The van der Waals surface area contributed by atoms with Crippen molar-refractivity contribution in [1.82, 2.24) is 5.32 Å². The smallest absolute Gasteiger partial charge is 0.322 e. The van der Waals surface area contributed by atoms with E-state index in [-0.39, 0.29) is 23.9 Å². The Morgan fingerprint density at radius 1 is 1.00 bits per heavy atom. The molecule has 1 fully saturated rings. The lowest BCUT2D eigenvalue weighted by Gasteiger charge is -2.27. The van der Waals surface area contributed by atoms with Gasteiger partial charge in [0.2, 0.25) is 5.91 Å². The largest absolute Gasteiger partial charge is 0.336 e. The van der Waals surface area contributed by atoms with Gasteiger partial charge >= 0.3 is 6.03 Å². The number of carbonyl (C=O) groups is 2. The van der Waals surface area contributed by atoms with E-state index >= 15 is 0 Å². The zero-order valence-electron chi connectivity index (χ0n) is 12.8. The molecule has 5 heteroatoms. The van der Waals surface area contributed by atoms with E-state index in [0.29, 0.717) is 6.54 Å². The first kappa shape index (κ1) is 13.8. The zero-order valence-corrected chi connectivity index (χ0v) is 12.8. The molecule has 23 heavy (non-hydrogen) atoms. The van der Waals surface area contributed by atoms with E-state index in [1.54, 1.807) is 16.8 Å². The van der Waals surface area contributed by atoms with Gasteiger partial charge in [0.05, 0.1) is 12.0 Å². The van der Waals surface area contributed by atoms with Crippen molar-refractivity contribution in [2.24, 2.45) is 0 Å². The van der Waals surface area contributed by atoms with Crippen molar-refractivity contribution in [3.8, 4) is 0 Å². The molecule has 3 amide bonds. The summed E-state index contributed by atoms with van der Waals surface area (Å²) in [6.45, 7) is 0.465. The van der Waals surface area contributed by atoms with Gasteiger partial charge in [0, 0.05) is 25.0 Å². The van der Waals surface area contributed by atoms with Crippen LogP contribution in [0.1, 0.15) is 11.5 Å². The Morgan fingerprint density at radius 2 is 1.70 bits per heavy atom. The van der Waals surface area contributed by atoms with Crippen molar-refractivity contribution in [2.45, 2.75) is 12.0 Å². The molecule has 2 heterocycles. The predicted molar refractivity (Wildman–Crippen MR) is 88.7 cm³/mol. The van der Waals surface area contributed by atoms with E-state index in [1.807, 2.05) is 54.6 Å². The first-order valence-electron chi connectivity index (χ1n) is 7.67. The van der Waals surface area contributed by atoms with Gasteiger partial charge in [0.15, 0.2) is 0 Å². The number of nitrogens with zero attached hydrogens (tertiary/aromatic N) is 2. The normalized spacial score (nSPS) is 23.2. The molecule has 0 aliphatic carbocycles. The number of anilines is 2. The van der Waals surface area contributed by atoms with Gasteiger partial charge < -0.3 is 10.2 Å². The molecule has 2 atom stereocenters. The average molecular weight is 307 g/mol. The summed E-state index contributed by atoms with van der Waals surface area (Å²) in [7, 11) is 1.79. The zero-order chi connectivity index (χ0) is 16.0. The molecule has 1 saturated heterocycles. The number of benzene rings is 2. The number of urea groups is 1. The van der Waals surface area contributed by atoms with Crippen molar-refractivity contribution < 1.29 is 9.59 Å². The molecule has 2 unspecified atom stereocenters. The molecule has 5 nitrogen and oxygen atoms in total. The van der Waals surface area contributed by atoms with Crippen LogP contribution in [-0.4, -0.2) is 31.6 Å². The number of amides is 3. The highest BCUT2D eigenvalue weighted by Gasteiger charge is 2.46. The summed E-state index contributed by atoms with van der Waals surface area (Å²) in [6.07, 6.45) is 0. The molecular formula is C18H17N3O2. The van der Waals surface area contributed by atoms with E-state index in [1.165, 1.54) is 0 Å². The summed E-state index contributed by atoms with van der Waals surface area (Å²) in [5.74, 6) is -0.302. The second kappa shape index (κ2) is 5.12. The van der Waals surface area contributed by atoms with Gasteiger partial charge in [0.25, 0.3) is 0 Å². The molecule has 0 aromatic heterocycles. The molecule has 1 N–H and O–H groups in total. The summed E-state index contributed by atoms with van der Waals surface area (Å²) < 4.78 is 0. The van der Waals surface area contributed by atoms with Crippen LogP contribution in [0.2, 0.25) is 0 Å². The number of nitrogens with one attached hydrogen (secondary N) is 1. The van der Waals surface area contributed by atoms with E-state index in [2.05, 4.69) is 5.32 Å². The molecule has 2 aromatic rings. The van der Waals surface area contributed by atoms with Crippen LogP contribution < -0.4 is 15.1 Å². The second-order valence-electron chi connectivity index (χ2n) is 5.89. The van der Waals surface area contributed by atoms with Gasteiger partial charge in [-0.15, -0.1) is 0 Å². The van der Waals surface area contributed by atoms with E-state index in [0.717, 1.165) is 16.9 Å². The SMILES string of the molecule is CN1C(=O)C(C2CNC(=O)N2c2ccccc2)c2ccccc21. The first-order chi connectivity index (χ1) is 11.2. The third-order valence-corrected chi connectivity index (χ3v) is 4.66. The van der Waals surface area contributed by atoms with E-state index < -0.39 is 0 Å². The van der Waals surface area contributed by atoms with Gasteiger partial charge in [-0.2, -0.15) is 0 Å². The fraction of sp³-hybridized carbons (Fsp3) is 0.222. The van der Waals surface area contributed by atoms with Crippen molar-refractivity contribution in [1.29, 1.82) is 0 Å². The summed E-state index contributed by atoms with van der Waals surface area (Å²) in [6, 6.07) is 16.9. The maximum Gasteiger partial charge on any atom is 0.322 e. The molecular weight excluding hydrogens is 290 g/mol. The molecule has 4 rings (SSSR count). The molecule has 2 aromatic carbocycles. The second-order valence-corrected chi connectivity index (χ2v) is 5.89. The summed E-state index contributed by atoms with van der Waals surface area (Å²) in [5.41, 5.74) is 2.73. The number of para-hydroxylation sites is 2. The number of likely N-dealkylation sites (N-methyl/N-ethyl adjacent to an activating group) is 1. The van der Waals surface area contributed by atoms with E-state index in [9.17, 15) is 9.59 Å². The van der Waals surface area contributed by atoms with Crippen LogP contribution in [0.5, 0.6) is 0 Å². The Morgan fingerprint density at radius 3 is 2.48 bits per heavy atom. The number of fused-ring (bicyclic) bond motifs is 1. The van der Waals surface area contributed by atoms with Crippen LogP contribution in [0.4, 0.5) is 16.2 Å². The standard InChI is InChI=1S/C18H17N3O2/c1-20-14-10-6-5-9-13(14)16(17(20)22)15-11-19-18(23)21(15)12-7-3-2-4-8-12/h2-10,15-16H,11H2,1H3,(H,19,23). The number of carbonyl (C=O) groups excluding carboxylic acids is 2. The molecule has 0 saturated carbocycles. The fourth-order valence-electron chi connectivity index (χ4n) is 3.57. The van der Waals surface area contributed by atoms with Crippen LogP contribution >= 0.6 is 0 Å². The van der Waals surface area contributed by atoms with Crippen molar-refractivity contribution in [3.63, 3.8) is 0 Å². The van der Waals surface area contributed by atoms with Crippen LogP contribution in [0.15, 0.2) is 54.6 Å². The fourth-order valence-corrected chi connectivity index (χ4v) is 3.57. The minimum absolute atomic E-state index is 0.0358. The number of rotatable bonds is 2. The number of hydrogen-bond donors (Lipinski definition) is 1. The molecule has 0 bridgehead atoms. The maximum absolute atomic E-state index is 12.8. The topological polar surface area (TPSA) is 52.7 Å². The number of hydrogen-bond acceptors (Lipinski definition) is 2. The van der Waals surface area contributed by atoms with Crippen molar-refractivity contribution in [3.05, 3.63) is 60.2 Å². The Hall–Kier alpha value is -2.82. The third-order valence-electron chi connectivity index (χ3n) is 4.66. The lowest BCUT2D eigenvalue weighted by atomic mass is 9.92. The van der Waals surface area contributed by atoms with Crippen LogP contribution in [0.3, 0.4) is 0 Å². The van der Waals surface area contributed by atoms with Crippen molar-refractivity contribution in [2.75, 3.05) is 23.4 Å². The third kappa shape index (κ3) is 2.00. The Kier molecular flexibility index (Phi) is 3.08. The summed E-state index contributed by atoms with van der Waals surface area (Å²) in [5, 5.41) is 2.88. The van der Waals surface area contributed by atoms with Crippen LogP contribution in [-0.2, 0) is 4.79 Å². The summed E-state index contributed by atoms with van der Waals surface area (Å²) >= 11 is 0. The molecule has 0 radical (unpaired) electrons. The molecule has 116 valence electrons. The van der Waals surface area contributed by atoms with Crippen LogP contribution in [0, 0.1) is 0 Å². The lowest BCUT2D eigenvalue weighted by molar-refractivity contribution is -0.119. The average Bonchev–Trinajstić information content (AvgIpc) is 3.07. The first-order valence-corrected chi connectivity index (χ1v) is 7.67. The Balaban J connectivity index is 1.78. The maximum atomic E-state index is 12.8. The Bertz CT molecular complexity index is 775. The van der Waals surface area contributed by atoms with Gasteiger partial charge in [-0.3, -0.25) is 9.69 Å². The monoisotopic (exact) mass is 307 g/mol. The molecule has 0 spiro atoms. The van der Waals surface area contributed by atoms with Gasteiger partial charge in [-0.1, -0.05) is 36.4 Å². The van der Waals surface area contributed by atoms with Crippen LogP contribution in [0.25, 0.3) is 0 Å². The quantitative estimate of drug-likeness (QED) is 0.926. The molecule has 2 aliphatic heterocycles. The highest BCUT2D eigenvalue weighted by atomic mass is 16.2. The highest BCUT2D eigenvalue weighted by Crippen LogP contribution is 2.41. The van der Waals surface area contributed by atoms with E-state index in [4.69, 9.17) is 0 Å². The molecule has 2 aliphatic rings. The minimum Gasteiger partial charge on any atom is -0.336 e. The van der Waals surface area contributed by atoms with Crippen molar-refractivity contribution >= 4 is 23.3 Å². The van der Waals surface area contributed by atoms with Gasteiger partial charge in [-0.25, -0.2) is 4.79 Å². The highest BCUT2D eigenvalue weighted by molar-refractivity contribution is 6.07. The lowest BCUT2D eigenvalue weighted by Crippen LogP contribution is -2.42. The minimum atomic E-state index is -0.338. The Labute approximate surface area is 134 Å².